The molecule has 5 rings (SSSR count). The molecule has 1 atom stereocenters. The summed E-state index contributed by atoms with van der Waals surface area (Å²) in [6, 6.07) is 5.47. The number of methoxy groups -OCH3 is 1. The van der Waals surface area contributed by atoms with Crippen molar-refractivity contribution in [2.45, 2.75) is 43.8 Å². The topological polar surface area (TPSA) is 105 Å². The van der Waals surface area contributed by atoms with Crippen LogP contribution >= 0.6 is 11.6 Å². The zero-order valence-electron chi connectivity index (χ0n) is 21.7. The predicted molar refractivity (Wildman–Crippen MR) is 140 cm³/mol. The molecule has 1 fully saturated rings. The fourth-order valence-corrected chi connectivity index (χ4v) is 5.68. The van der Waals surface area contributed by atoms with Crippen LogP contribution in [0.4, 0.5) is 23.2 Å². The highest BCUT2D eigenvalue weighted by Crippen LogP contribution is 2.46. The van der Waals surface area contributed by atoms with E-state index < -0.39 is 46.7 Å². The molecule has 216 valence electrons. The molecule has 2 aromatic heterocycles. The Bertz CT molecular complexity index is 1500. The van der Waals surface area contributed by atoms with Gasteiger partial charge in [-0.05, 0) is 55.9 Å². The van der Waals surface area contributed by atoms with Crippen LogP contribution in [0.1, 0.15) is 59.3 Å². The standard InChI is InChI=1S/C28H25ClF4N4O4/c1-41-23-10-19(21(31)12-34-23)28(40)20-9-16(30)4-7-22(20)37(27(28)39)13-14-2-5-17(6-3-14)36-26(38)18-8-15(29)11-35-24(18)25(32)33/h4,7-12,14,17,25,40H,2-3,5-6,13H2,1H3,(H,36,38)/t14-,17-,28?. The lowest BCUT2D eigenvalue weighted by Crippen LogP contribution is -2.45. The number of hydrogen-bond acceptors (Lipinski definition) is 6. The molecule has 3 heterocycles. The number of pyridine rings is 2. The highest BCUT2D eigenvalue weighted by atomic mass is 35.5. The maximum atomic E-state index is 14.9. The fraction of sp³-hybridized carbons (Fsp3) is 0.357. The molecule has 13 heteroatoms. The molecule has 3 aromatic rings. The molecule has 0 spiro atoms. The molecule has 1 unspecified atom stereocenters. The van der Waals surface area contributed by atoms with Crippen LogP contribution in [0, 0.1) is 17.6 Å². The van der Waals surface area contributed by atoms with Gasteiger partial charge in [0.15, 0.2) is 5.60 Å². The minimum absolute atomic E-state index is 0.0337. The van der Waals surface area contributed by atoms with Crippen molar-refractivity contribution in [3.8, 4) is 5.88 Å². The van der Waals surface area contributed by atoms with E-state index in [2.05, 4.69) is 15.3 Å². The lowest BCUT2D eigenvalue weighted by Gasteiger charge is -2.32. The van der Waals surface area contributed by atoms with E-state index in [1.54, 1.807) is 0 Å². The van der Waals surface area contributed by atoms with Crippen LogP contribution in [0.2, 0.25) is 5.02 Å². The van der Waals surface area contributed by atoms with Crippen LogP contribution < -0.4 is 15.0 Å². The molecule has 1 aromatic carbocycles. The van der Waals surface area contributed by atoms with E-state index in [1.807, 2.05) is 0 Å². The van der Waals surface area contributed by atoms with E-state index >= 15 is 0 Å². The van der Waals surface area contributed by atoms with Crippen molar-refractivity contribution >= 4 is 29.1 Å². The third-order valence-electron chi connectivity index (χ3n) is 7.58. The Labute approximate surface area is 237 Å². The number of rotatable bonds is 7. The first-order chi connectivity index (χ1) is 19.5. The maximum Gasteiger partial charge on any atom is 0.281 e. The molecule has 0 bridgehead atoms. The number of nitrogens with one attached hydrogen (secondary N) is 1. The Morgan fingerprint density at radius 2 is 1.88 bits per heavy atom. The number of carbonyl (C=O) groups is 2. The molecule has 0 radical (unpaired) electrons. The van der Waals surface area contributed by atoms with Crippen molar-refractivity contribution in [1.29, 1.82) is 0 Å². The Morgan fingerprint density at radius 3 is 2.56 bits per heavy atom. The Morgan fingerprint density at radius 1 is 1.15 bits per heavy atom. The van der Waals surface area contributed by atoms with Gasteiger partial charge in [-0.15, -0.1) is 0 Å². The first-order valence-electron chi connectivity index (χ1n) is 12.8. The van der Waals surface area contributed by atoms with Gasteiger partial charge in [-0.1, -0.05) is 11.6 Å². The van der Waals surface area contributed by atoms with Crippen LogP contribution in [0.25, 0.3) is 0 Å². The second-order valence-corrected chi connectivity index (χ2v) is 10.5. The summed E-state index contributed by atoms with van der Waals surface area (Å²) in [7, 11) is 1.30. The fourth-order valence-electron chi connectivity index (χ4n) is 5.52. The summed E-state index contributed by atoms with van der Waals surface area (Å²) in [4.78, 5) is 35.1. The number of carbonyl (C=O) groups excluding carboxylic acids is 2. The monoisotopic (exact) mass is 592 g/mol. The average molecular weight is 593 g/mol. The van der Waals surface area contributed by atoms with Gasteiger partial charge in [-0.2, -0.15) is 0 Å². The number of halogens is 5. The highest BCUT2D eigenvalue weighted by Gasteiger charge is 2.53. The first-order valence-corrected chi connectivity index (χ1v) is 13.2. The van der Waals surface area contributed by atoms with E-state index in [4.69, 9.17) is 16.3 Å². The van der Waals surface area contributed by atoms with E-state index in [0.717, 1.165) is 36.7 Å². The number of anilines is 1. The molecule has 1 aliphatic carbocycles. The second kappa shape index (κ2) is 11.2. The molecule has 0 saturated heterocycles. The van der Waals surface area contributed by atoms with Crippen molar-refractivity contribution in [3.63, 3.8) is 0 Å². The zero-order valence-corrected chi connectivity index (χ0v) is 22.5. The van der Waals surface area contributed by atoms with E-state index in [-0.39, 0.29) is 46.2 Å². The summed E-state index contributed by atoms with van der Waals surface area (Å²) in [5, 5.41) is 14.5. The van der Waals surface area contributed by atoms with Gasteiger partial charge in [0.2, 0.25) is 5.88 Å². The molecule has 1 aliphatic heterocycles. The van der Waals surface area contributed by atoms with Gasteiger partial charge in [0.25, 0.3) is 18.2 Å². The average Bonchev–Trinajstić information content (AvgIpc) is 3.15. The number of ether oxygens (including phenoxy) is 1. The predicted octanol–water partition coefficient (Wildman–Crippen LogP) is 4.93. The summed E-state index contributed by atoms with van der Waals surface area (Å²) < 4.78 is 60.9. The van der Waals surface area contributed by atoms with Gasteiger partial charge in [-0.3, -0.25) is 14.6 Å². The third kappa shape index (κ3) is 5.33. The Kier molecular flexibility index (Phi) is 7.89. The molecule has 41 heavy (non-hydrogen) atoms. The smallest absolute Gasteiger partial charge is 0.281 e. The molecular weight excluding hydrogens is 568 g/mol. The van der Waals surface area contributed by atoms with Gasteiger partial charge >= 0.3 is 0 Å². The van der Waals surface area contributed by atoms with Crippen molar-refractivity contribution in [2.24, 2.45) is 5.92 Å². The summed E-state index contributed by atoms with van der Waals surface area (Å²) in [5.74, 6) is -3.32. The summed E-state index contributed by atoms with van der Waals surface area (Å²) in [6.45, 7) is 0.151. The molecular formula is C28H25ClF4N4O4. The van der Waals surface area contributed by atoms with Crippen molar-refractivity contribution < 1.29 is 37.0 Å². The number of amides is 2. The number of aliphatic hydroxyl groups is 1. The third-order valence-corrected chi connectivity index (χ3v) is 7.79. The lowest BCUT2D eigenvalue weighted by atomic mass is 9.85. The van der Waals surface area contributed by atoms with Crippen molar-refractivity contribution in [2.75, 3.05) is 18.6 Å². The van der Waals surface area contributed by atoms with Gasteiger partial charge in [0, 0.05) is 36.0 Å². The summed E-state index contributed by atoms with van der Waals surface area (Å²) >= 11 is 5.86. The maximum absolute atomic E-state index is 14.9. The van der Waals surface area contributed by atoms with E-state index in [0.29, 0.717) is 25.7 Å². The van der Waals surface area contributed by atoms with Gasteiger partial charge in [-0.25, -0.2) is 22.5 Å². The van der Waals surface area contributed by atoms with Crippen molar-refractivity contribution in [3.05, 3.63) is 81.8 Å². The number of fused-ring (bicyclic) bond motifs is 1. The molecule has 2 amide bonds. The molecule has 1 saturated carbocycles. The van der Waals surface area contributed by atoms with Crippen LogP contribution in [0.15, 0.2) is 42.7 Å². The van der Waals surface area contributed by atoms with E-state index in [1.165, 1.54) is 18.1 Å². The molecule has 2 aliphatic rings. The SMILES string of the molecule is COc1cc(C2(O)C(=O)N(C[C@H]3CC[C@H](NC(=O)c4cc(Cl)cnc4C(F)F)CC3)c3ccc(F)cc32)c(F)cn1. The van der Waals surface area contributed by atoms with Crippen LogP contribution in [-0.4, -0.2) is 46.6 Å². The largest absolute Gasteiger partial charge is 0.481 e. The number of alkyl halides is 2. The normalized spacial score (nSPS) is 22.1. The van der Waals surface area contributed by atoms with Crippen molar-refractivity contribution in [1.82, 2.24) is 15.3 Å². The summed E-state index contributed by atoms with van der Waals surface area (Å²) in [6.07, 6.45) is 1.02. The zero-order chi connectivity index (χ0) is 29.5. The first kappa shape index (κ1) is 28.7. The minimum Gasteiger partial charge on any atom is -0.481 e. The van der Waals surface area contributed by atoms with Gasteiger partial charge in [0.1, 0.15) is 17.3 Å². The quantitative estimate of drug-likeness (QED) is 0.377. The van der Waals surface area contributed by atoms with Crippen LogP contribution in [0.5, 0.6) is 5.88 Å². The number of benzene rings is 1. The number of nitrogens with zero attached hydrogens (tertiary/aromatic N) is 3. The number of aromatic nitrogens is 2. The minimum atomic E-state index is -2.95. The summed E-state index contributed by atoms with van der Waals surface area (Å²) in [5.41, 5.74) is -3.71. The number of hydrogen-bond donors (Lipinski definition) is 2. The van der Waals surface area contributed by atoms with Crippen LogP contribution in [-0.2, 0) is 10.4 Å². The molecule has 8 nitrogen and oxygen atoms in total. The lowest BCUT2D eigenvalue weighted by molar-refractivity contribution is -0.132. The Balaban J connectivity index is 1.31. The Hall–Kier alpha value is -3.77. The van der Waals surface area contributed by atoms with Gasteiger partial charge in [0.05, 0.1) is 29.6 Å². The molecule has 2 N–H and O–H groups in total. The van der Waals surface area contributed by atoms with Crippen LogP contribution in [0.3, 0.4) is 0 Å². The van der Waals surface area contributed by atoms with E-state index in [9.17, 15) is 32.3 Å². The highest BCUT2D eigenvalue weighted by molar-refractivity contribution is 6.30. The van der Waals surface area contributed by atoms with Gasteiger partial charge < -0.3 is 20.1 Å². The second-order valence-electron chi connectivity index (χ2n) is 10.1.